The van der Waals surface area contributed by atoms with Crippen molar-refractivity contribution >= 4 is 22.6 Å². The van der Waals surface area contributed by atoms with Crippen molar-refractivity contribution in [3.05, 3.63) is 29.6 Å². The van der Waals surface area contributed by atoms with Gasteiger partial charge in [0.05, 0.1) is 11.4 Å². The van der Waals surface area contributed by atoms with Crippen molar-refractivity contribution in [2.24, 2.45) is 0 Å². The Hall–Kier alpha value is -1.16. The molecule has 0 aliphatic rings. The van der Waals surface area contributed by atoms with Crippen LogP contribution in [0.2, 0.25) is 0 Å². The third kappa shape index (κ3) is 2.59. The molecule has 2 aromatic rings. The molecule has 1 heterocycles. The van der Waals surface area contributed by atoms with Crippen molar-refractivity contribution in [2.45, 2.75) is 45.0 Å². The summed E-state index contributed by atoms with van der Waals surface area (Å²) in [5.74, 6) is -0.428. The van der Waals surface area contributed by atoms with Crippen molar-refractivity contribution in [2.75, 3.05) is 0 Å². The zero-order valence-electron chi connectivity index (χ0n) is 11.1. The molecule has 2 nitrogen and oxygen atoms in total. The summed E-state index contributed by atoms with van der Waals surface area (Å²) in [7, 11) is 0. The van der Waals surface area contributed by atoms with Gasteiger partial charge in [0.2, 0.25) is 0 Å². The summed E-state index contributed by atoms with van der Waals surface area (Å²) >= 11 is 5.90. The predicted octanol–water partition coefficient (Wildman–Crippen LogP) is 4.80. The molecule has 1 atom stereocenters. The fourth-order valence-electron chi connectivity index (χ4n) is 2.52. The van der Waals surface area contributed by atoms with Crippen molar-refractivity contribution in [1.29, 1.82) is 0 Å². The lowest BCUT2D eigenvalue weighted by Gasteiger charge is -2.19. The quantitative estimate of drug-likeness (QED) is 0.722. The fraction of sp³-hybridized carbons (Fsp3) is 0.500. The number of aromatic nitrogens is 2. The van der Waals surface area contributed by atoms with E-state index in [1.165, 1.54) is 6.07 Å². The van der Waals surface area contributed by atoms with Crippen LogP contribution in [0.4, 0.5) is 8.78 Å². The molecule has 0 spiro atoms. The maximum atomic E-state index is 13.8. The fourth-order valence-corrected chi connectivity index (χ4v) is 2.71. The minimum Gasteiger partial charge on any atom is -0.324 e. The smallest absolute Gasteiger partial charge is 0.153 e. The van der Waals surface area contributed by atoms with Gasteiger partial charge in [0.15, 0.2) is 5.82 Å². The van der Waals surface area contributed by atoms with Crippen LogP contribution in [0.1, 0.15) is 45.0 Å². The first kappa shape index (κ1) is 14.3. The number of nitrogens with zero attached hydrogens (tertiary/aromatic N) is 2. The van der Waals surface area contributed by atoms with Crippen molar-refractivity contribution in [3.63, 3.8) is 0 Å². The van der Waals surface area contributed by atoms with E-state index in [4.69, 9.17) is 11.6 Å². The van der Waals surface area contributed by atoms with Crippen LogP contribution in [0.5, 0.6) is 0 Å². The summed E-state index contributed by atoms with van der Waals surface area (Å²) in [5.41, 5.74) is 0.694. The SMILES string of the molecule is CCCC(CC)n1c(CCl)nc2c(F)cc(F)cc21. The zero-order valence-corrected chi connectivity index (χ0v) is 11.8. The molecule has 5 heteroatoms. The molecule has 0 fully saturated rings. The van der Waals surface area contributed by atoms with Gasteiger partial charge in [-0.25, -0.2) is 13.8 Å². The van der Waals surface area contributed by atoms with E-state index in [0.29, 0.717) is 11.3 Å². The Morgan fingerprint density at radius 1 is 1.32 bits per heavy atom. The molecule has 1 aromatic carbocycles. The number of imidazole rings is 1. The monoisotopic (exact) mass is 286 g/mol. The van der Waals surface area contributed by atoms with Crippen LogP contribution in [0.3, 0.4) is 0 Å². The highest BCUT2D eigenvalue weighted by atomic mass is 35.5. The molecule has 0 radical (unpaired) electrons. The van der Waals surface area contributed by atoms with E-state index in [2.05, 4.69) is 18.8 Å². The first-order valence-electron chi connectivity index (χ1n) is 6.54. The summed E-state index contributed by atoms with van der Waals surface area (Å²) < 4.78 is 29.1. The third-order valence-corrected chi connectivity index (χ3v) is 3.60. The van der Waals surface area contributed by atoms with Crippen molar-refractivity contribution in [1.82, 2.24) is 9.55 Å². The molecule has 0 N–H and O–H groups in total. The molecule has 104 valence electrons. The van der Waals surface area contributed by atoms with Gasteiger partial charge in [-0.1, -0.05) is 20.3 Å². The topological polar surface area (TPSA) is 17.8 Å². The van der Waals surface area contributed by atoms with Gasteiger partial charge in [-0.2, -0.15) is 0 Å². The summed E-state index contributed by atoms with van der Waals surface area (Å²) in [4.78, 5) is 4.21. The minimum absolute atomic E-state index is 0.171. The van der Waals surface area contributed by atoms with Crippen LogP contribution in [-0.4, -0.2) is 9.55 Å². The van der Waals surface area contributed by atoms with Gasteiger partial charge in [0.25, 0.3) is 0 Å². The van der Waals surface area contributed by atoms with Gasteiger partial charge in [-0.15, -0.1) is 11.6 Å². The zero-order chi connectivity index (χ0) is 14.0. The third-order valence-electron chi connectivity index (χ3n) is 3.36. The van der Waals surface area contributed by atoms with E-state index in [0.717, 1.165) is 25.3 Å². The maximum Gasteiger partial charge on any atom is 0.153 e. The molecule has 0 aliphatic carbocycles. The van der Waals surface area contributed by atoms with Gasteiger partial charge in [-0.05, 0) is 18.9 Å². The van der Waals surface area contributed by atoms with E-state index < -0.39 is 11.6 Å². The molecule has 19 heavy (non-hydrogen) atoms. The lowest BCUT2D eigenvalue weighted by molar-refractivity contribution is 0.448. The normalized spacial score (nSPS) is 13.1. The molecule has 2 rings (SSSR count). The summed E-state index contributed by atoms with van der Waals surface area (Å²) in [6, 6.07) is 2.36. The van der Waals surface area contributed by atoms with Gasteiger partial charge in [0.1, 0.15) is 17.2 Å². The second-order valence-corrected chi connectivity index (χ2v) is 4.91. The predicted molar refractivity (Wildman–Crippen MR) is 73.4 cm³/mol. The van der Waals surface area contributed by atoms with Crippen molar-refractivity contribution in [3.8, 4) is 0 Å². The molecular formula is C14H17ClF2N2. The number of alkyl halides is 1. The molecule has 0 aliphatic heterocycles. The molecular weight excluding hydrogens is 270 g/mol. The number of benzene rings is 1. The van der Waals surface area contributed by atoms with Crippen LogP contribution in [0.15, 0.2) is 12.1 Å². The number of halogens is 3. The number of rotatable bonds is 5. The Balaban J connectivity index is 2.68. The number of fused-ring (bicyclic) bond motifs is 1. The summed E-state index contributed by atoms with van der Waals surface area (Å²) in [6.07, 6.45) is 2.81. The Labute approximate surface area is 116 Å². The highest BCUT2D eigenvalue weighted by Gasteiger charge is 2.19. The maximum absolute atomic E-state index is 13.8. The van der Waals surface area contributed by atoms with E-state index in [9.17, 15) is 8.78 Å². The van der Waals surface area contributed by atoms with Crippen LogP contribution in [0.25, 0.3) is 11.0 Å². The van der Waals surface area contributed by atoms with E-state index in [1.807, 2.05) is 4.57 Å². The molecule has 0 saturated heterocycles. The summed E-state index contributed by atoms with van der Waals surface area (Å²) in [5, 5.41) is 0. The molecule has 0 bridgehead atoms. The highest BCUT2D eigenvalue weighted by Crippen LogP contribution is 2.29. The Morgan fingerprint density at radius 3 is 2.63 bits per heavy atom. The second kappa shape index (κ2) is 5.87. The minimum atomic E-state index is -0.633. The average molecular weight is 287 g/mol. The Morgan fingerprint density at radius 2 is 2.05 bits per heavy atom. The molecule has 0 saturated carbocycles. The first-order chi connectivity index (χ1) is 9.12. The highest BCUT2D eigenvalue weighted by molar-refractivity contribution is 6.16. The average Bonchev–Trinajstić information content (AvgIpc) is 2.74. The summed E-state index contributed by atoms with van der Waals surface area (Å²) in [6.45, 7) is 4.14. The number of hydrogen-bond donors (Lipinski definition) is 0. The molecule has 1 aromatic heterocycles. The lowest BCUT2D eigenvalue weighted by Crippen LogP contribution is -2.11. The van der Waals surface area contributed by atoms with Gasteiger partial charge >= 0.3 is 0 Å². The number of hydrogen-bond acceptors (Lipinski definition) is 1. The molecule has 0 amide bonds. The standard InChI is InChI=1S/C14H17ClF2N2/c1-3-5-10(4-2)19-12-7-9(16)6-11(17)14(12)18-13(19)8-15/h6-7,10H,3-5,8H2,1-2H3. The second-order valence-electron chi connectivity index (χ2n) is 4.64. The first-order valence-corrected chi connectivity index (χ1v) is 7.07. The Kier molecular flexibility index (Phi) is 4.40. The largest absolute Gasteiger partial charge is 0.324 e. The Bertz CT molecular complexity index is 580. The van der Waals surface area contributed by atoms with Crippen LogP contribution < -0.4 is 0 Å². The van der Waals surface area contributed by atoms with Gasteiger partial charge in [-0.3, -0.25) is 0 Å². The van der Waals surface area contributed by atoms with Crippen LogP contribution >= 0.6 is 11.6 Å². The van der Waals surface area contributed by atoms with Crippen LogP contribution in [-0.2, 0) is 5.88 Å². The van der Waals surface area contributed by atoms with E-state index in [1.54, 1.807) is 0 Å². The van der Waals surface area contributed by atoms with Gasteiger partial charge < -0.3 is 4.57 Å². The van der Waals surface area contributed by atoms with Crippen LogP contribution in [0, 0.1) is 11.6 Å². The van der Waals surface area contributed by atoms with E-state index >= 15 is 0 Å². The van der Waals surface area contributed by atoms with Crippen molar-refractivity contribution < 1.29 is 8.78 Å². The molecule has 1 unspecified atom stereocenters. The lowest BCUT2D eigenvalue weighted by atomic mass is 10.1. The van der Waals surface area contributed by atoms with E-state index in [-0.39, 0.29) is 17.4 Å². The van der Waals surface area contributed by atoms with Gasteiger partial charge in [0, 0.05) is 12.1 Å².